The first kappa shape index (κ1) is 17.3. The predicted molar refractivity (Wildman–Crippen MR) is 181 cm³/mol. The van der Waals surface area contributed by atoms with Crippen LogP contribution < -0.4 is 4.74 Å². The molecule has 1 aliphatic heterocycles. The van der Waals surface area contributed by atoms with Crippen LogP contribution in [-0.2, 0) is 0 Å². The van der Waals surface area contributed by atoms with E-state index in [1.54, 1.807) is 0 Å². The summed E-state index contributed by atoms with van der Waals surface area (Å²) in [6.45, 7) is 0. The molecule has 9 rings (SSSR count). The van der Waals surface area contributed by atoms with Gasteiger partial charge in [-0.2, -0.15) is 0 Å². The lowest BCUT2D eigenvalue weighted by atomic mass is 9.83. The zero-order valence-corrected chi connectivity index (χ0v) is 22.8. The van der Waals surface area contributed by atoms with Crippen molar-refractivity contribution in [2.24, 2.45) is 0 Å². The zero-order valence-electron chi connectivity index (χ0n) is 30.8. The van der Waals surface area contributed by atoms with Gasteiger partial charge in [0.2, 0.25) is 0 Å². The number of hydrogen-bond donors (Lipinski definition) is 0. The summed E-state index contributed by atoms with van der Waals surface area (Å²) in [7, 11) is 0. The highest BCUT2D eigenvalue weighted by Crippen LogP contribution is 2.51. The van der Waals surface area contributed by atoms with Gasteiger partial charge in [0.1, 0.15) is 11.5 Å². The predicted octanol–water partition coefficient (Wildman–Crippen LogP) is 11.9. The van der Waals surface area contributed by atoms with Crippen LogP contribution in [0.25, 0.3) is 76.8 Å². The molecule has 0 atom stereocenters. The Kier molecular flexibility index (Phi) is 3.80. The number of benzene rings is 8. The van der Waals surface area contributed by atoms with Crippen LogP contribution in [0.5, 0.6) is 11.5 Å². The summed E-state index contributed by atoms with van der Waals surface area (Å²) >= 11 is 0. The Bertz CT molecular complexity index is 2710. The molecule has 0 saturated carbocycles. The van der Waals surface area contributed by atoms with E-state index in [1.165, 1.54) is 0 Å². The molecule has 0 unspecified atom stereocenters. The molecule has 1 aliphatic rings. The molecule has 1 heteroatoms. The van der Waals surface area contributed by atoms with E-state index >= 15 is 0 Å². The van der Waals surface area contributed by atoms with Gasteiger partial charge in [0.05, 0.1) is 11.0 Å². The van der Waals surface area contributed by atoms with Crippen molar-refractivity contribution in [1.29, 1.82) is 0 Å². The van der Waals surface area contributed by atoms with E-state index in [2.05, 4.69) is 0 Å². The third kappa shape index (κ3) is 3.65. The minimum Gasteiger partial charge on any atom is -0.456 e. The third-order valence-corrected chi connectivity index (χ3v) is 8.32. The van der Waals surface area contributed by atoms with Crippen molar-refractivity contribution in [3.8, 4) is 56.0 Å². The van der Waals surface area contributed by atoms with Gasteiger partial charge < -0.3 is 4.74 Å². The van der Waals surface area contributed by atoms with E-state index in [9.17, 15) is 5.48 Å². The monoisotopic (exact) mass is 554 g/mol. The number of hydrogen-bond acceptors (Lipinski definition) is 1. The fraction of sp³-hybridized carbons (Fsp3) is 0. The zero-order chi connectivity index (χ0) is 35.3. The van der Waals surface area contributed by atoms with Gasteiger partial charge in [0.15, 0.2) is 0 Å². The Morgan fingerprint density at radius 3 is 1.65 bits per heavy atom. The van der Waals surface area contributed by atoms with Crippen LogP contribution in [0.3, 0.4) is 0 Å². The van der Waals surface area contributed by atoms with Gasteiger partial charge in [-0.05, 0) is 78.0 Å². The van der Waals surface area contributed by atoms with Crippen LogP contribution in [0.15, 0.2) is 158 Å². The van der Waals surface area contributed by atoms with E-state index in [0.717, 1.165) is 33.0 Å². The highest BCUT2D eigenvalue weighted by molar-refractivity contribution is 6.24. The molecule has 1 heterocycles. The average molecular weight is 555 g/mol. The van der Waals surface area contributed by atoms with E-state index in [4.69, 9.17) is 10.2 Å². The van der Waals surface area contributed by atoms with Crippen LogP contribution in [0, 0.1) is 0 Å². The smallest absolute Gasteiger partial charge is 0.135 e. The van der Waals surface area contributed by atoms with Crippen LogP contribution in [-0.4, -0.2) is 0 Å². The number of para-hydroxylation sites is 1. The highest BCUT2D eigenvalue weighted by Gasteiger charge is 2.23. The molecule has 1 nitrogen and oxygen atoms in total. The number of fused-ring (bicyclic) bond motifs is 4. The molecule has 0 fully saturated rings. The molecule has 0 saturated heterocycles. The normalized spacial score (nSPS) is 14.5. The van der Waals surface area contributed by atoms with Gasteiger partial charge in [-0.15, -0.1) is 0 Å². The highest BCUT2D eigenvalue weighted by atomic mass is 16.5. The number of rotatable bonds is 3. The van der Waals surface area contributed by atoms with Gasteiger partial charge in [-0.3, -0.25) is 0 Å². The second kappa shape index (κ2) is 9.44. The first-order valence-electron chi connectivity index (χ1n) is 18.1. The van der Waals surface area contributed by atoms with Crippen LogP contribution >= 0.6 is 0 Å². The molecule has 0 N–H and O–H groups in total. The Morgan fingerprint density at radius 1 is 0.372 bits per heavy atom. The van der Waals surface area contributed by atoms with Crippen LogP contribution in [0.2, 0.25) is 0 Å². The molecular weight excluding hydrogens is 520 g/mol. The molecule has 0 amide bonds. The molecule has 0 bridgehead atoms. The van der Waals surface area contributed by atoms with Gasteiger partial charge >= 0.3 is 0 Å². The van der Waals surface area contributed by atoms with Crippen LogP contribution in [0.4, 0.5) is 0 Å². The summed E-state index contributed by atoms with van der Waals surface area (Å²) in [6.07, 6.45) is 0. The summed E-state index contributed by atoms with van der Waals surface area (Å²) in [5.74, 6) is 1.34. The minimum absolute atomic E-state index is 0.179. The lowest BCUT2D eigenvalue weighted by molar-refractivity contribution is 0.487. The summed E-state index contributed by atoms with van der Waals surface area (Å²) in [4.78, 5) is 0. The van der Waals surface area contributed by atoms with E-state index in [-0.39, 0.29) is 45.7 Å². The Morgan fingerprint density at radius 2 is 0.930 bits per heavy atom. The Hall–Kier alpha value is -5.66. The van der Waals surface area contributed by atoms with Gasteiger partial charge in [0, 0.05) is 10.9 Å². The maximum absolute atomic E-state index is 9.35. The van der Waals surface area contributed by atoms with E-state index in [0.29, 0.717) is 33.8 Å². The molecule has 0 spiro atoms. The molecule has 0 aromatic heterocycles. The van der Waals surface area contributed by atoms with Crippen LogP contribution in [0.1, 0.15) is 11.0 Å². The molecule has 0 aliphatic carbocycles. The largest absolute Gasteiger partial charge is 0.456 e. The summed E-state index contributed by atoms with van der Waals surface area (Å²) < 4.78 is 78.7. The summed E-state index contributed by atoms with van der Waals surface area (Å²) in [6, 6.07) is 31.7. The maximum atomic E-state index is 9.35. The lowest BCUT2D eigenvalue weighted by Gasteiger charge is -2.24. The second-order valence-electron chi connectivity index (χ2n) is 10.6. The second-order valence-corrected chi connectivity index (χ2v) is 10.6. The fourth-order valence-electron chi connectivity index (χ4n) is 6.44. The summed E-state index contributed by atoms with van der Waals surface area (Å²) in [5, 5.41) is 2.25. The van der Waals surface area contributed by atoms with Crippen molar-refractivity contribution < 1.29 is 15.7 Å². The standard InChI is InChI=1S/C42H26O/c1-2-11-27(12-3-1)28-21-23-29(24-22-28)40-31-14-4-6-16-33(31)41(34-17-7-5-15-32(34)40)37-26-25-36-30-13-8-9-19-38(30)43-39-20-10-18-35(37)42(36)39/h1-26H/i4D,5D,6D,7D,14D,15D,16D,17D. The molecular formula is C42H26O. The third-order valence-electron chi connectivity index (χ3n) is 8.32. The molecule has 200 valence electrons. The van der Waals surface area contributed by atoms with Crippen molar-refractivity contribution >= 4 is 32.3 Å². The van der Waals surface area contributed by atoms with Crippen molar-refractivity contribution in [2.45, 2.75) is 0 Å². The summed E-state index contributed by atoms with van der Waals surface area (Å²) in [5.41, 5.74) is 5.52. The van der Waals surface area contributed by atoms with E-state index in [1.807, 2.05) is 109 Å². The first-order chi connectivity index (χ1) is 24.7. The fourth-order valence-corrected chi connectivity index (χ4v) is 6.44. The Labute approximate surface area is 261 Å². The molecule has 0 radical (unpaired) electrons. The van der Waals surface area contributed by atoms with Crippen molar-refractivity contribution in [3.05, 3.63) is 158 Å². The first-order valence-corrected chi connectivity index (χ1v) is 14.1. The van der Waals surface area contributed by atoms with Gasteiger partial charge in [-0.25, -0.2) is 0 Å². The quantitative estimate of drug-likeness (QED) is 0.197. The SMILES string of the molecule is [2H]c1c([2H])c([2H])c2c(-c3ccc4c5c(cccc35)Oc3ccccc3-4)c3c([2H])c([2H])c([2H])c([2H])c3c(-c3ccc(-c4ccccc4)cc3)c2c1[2H]. The topological polar surface area (TPSA) is 9.23 Å². The molecule has 43 heavy (non-hydrogen) atoms. The molecule has 8 aromatic carbocycles. The van der Waals surface area contributed by atoms with E-state index < -0.39 is 24.2 Å². The van der Waals surface area contributed by atoms with Gasteiger partial charge in [0.25, 0.3) is 0 Å². The average Bonchev–Trinajstić information content (AvgIpc) is 3.17. The van der Waals surface area contributed by atoms with Crippen molar-refractivity contribution in [1.82, 2.24) is 0 Å². The van der Waals surface area contributed by atoms with Crippen molar-refractivity contribution in [3.63, 3.8) is 0 Å². The maximum Gasteiger partial charge on any atom is 0.135 e. The lowest BCUT2D eigenvalue weighted by Crippen LogP contribution is -1.98. The minimum atomic E-state index is -0.431. The number of ether oxygens (including phenoxy) is 1. The van der Waals surface area contributed by atoms with Gasteiger partial charge in [-0.1, -0.05) is 145 Å². The molecule has 8 aromatic rings. The van der Waals surface area contributed by atoms with Crippen molar-refractivity contribution in [2.75, 3.05) is 0 Å². The Balaban J connectivity index is 1.49.